The SMILES string of the molecule is CCC(=O)N1CC(Oc2nc(C3CCOCC3)c(-c3cncc(F)c3)c3cc4cn[nH]c4cc23)C1. The van der Waals surface area contributed by atoms with E-state index in [1.807, 2.05) is 13.0 Å². The van der Waals surface area contributed by atoms with Crippen molar-refractivity contribution in [1.82, 2.24) is 25.1 Å². The average Bonchev–Trinajstić information content (AvgIpc) is 3.32. The molecule has 0 spiro atoms. The van der Waals surface area contributed by atoms with Gasteiger partial charge in [0.25, 0.3) is 0 Å². The minimum atomic E-state index is -0.395. The molecule has 1 amide bonds. The summed E-state index contributed by atoms with van der Waals surface area (Å²) in [5, 5.41) is 9.89. The Morgan fingerprint density at radius 3 is 2.77 bits per heavy atom. The lowest BCUT2D eigenvalue weighted by Gasteiger charge is -2.39. The fraction of sp³-hybridized carbons (Fsp3) is 0.385. The van der Waals surface area contributed by atoms with Crippen LogP contribution in [-0.2, 0) is 9.53 Å². The normalized spacial score (nSPS) is 17.1. The monoisotopic (exact) mass is 475 g/mol. The van der Waals surface area contributed by atoms with Gasteiger partial charge in [0.15, 0.2) is 0 Å². The maximum atomic E-state index is 14.3. The van der Waals surface area contributed by atoms with Crippen LogP contribution in [0.15, 0.2) is 36.8 Å². The maximum absolute atomic E-state index is 14.3. The Kier molecular flexibility index (Phi) is 5.56. The molecule has 4 aromatic rings. The second-order valence-corrected chi connectivity index (χ2v) is 9.20. The number of nitrogens with zero attached hydrogens (tertiary/aromatic N) is 4. The number of carbonyl (C=O) groups is 1. The van der Waals surface area contributed by atoms with E-state index >= 15 is 0 Å². The van der Waals surface area contributed by atoms with Crippen LogP contribution in [0.25, 0.3) is 32.8 Å². The van der Waals surface area contributed by atoms with Gasteiger partial charge in [0.1, 0.15) is 11.9 Å². The Morgan fingerprint density at radius 1 is 1.17 bits per heavy atom. The van der Waals surface area contributed by atoms with E-state index in [0.29, 0.717) is 44.2 Å². The maximum Gasteiger partial charge on any atom is 0.222 e. The summed E-state index contributed by atoms with van der Waals surface area (Å²) in [4.78, 5) is 23.0. The first kappa shape index (κ1) is 21.9. The van der Waals surface area contributed by atoms with Crippen LogP contribution in [0.1, 0.15) is 37.8 Å². The van der Waals surface area contributed by atoms with Gasteiger partial charge in [-0.1, -0.05) is 6.92 Å². The van der Waals surface area contributed by atoms with Crippen molar-refractivity contribution in [2.24, 2.45) is 0 Å². The Balaban J connectivity index is 1.53. The summed E-state index contributed by atoms with van der Waals surface area (Å²) in [5.74, 6) is 0.403. The molecule has 0 unspecified atom stereocenters. The third-order valence-electron chi connectivity index (χ3n) is 6.94. The predicted octanol–water partition coefficient (Wildman–Crippen LogP) is 4.21. The summed E-state index contributed by atoms with van der Waals surface area (Å²) >= 11 is 0. The second-order valence-electron chi connectivity index (χ2n) is 9.20. The lowest BCUT2D eigenvalue weighted by Crippen LogP contribution is -2.56. The molecule has 2 fully saturated rings. The fourth-order valence-electron chi connectivity index (χ4n) is 5.04. The van der Waals surface area contributed by atoms with E-state index < -0.39 is 5.82 Å². The van der Waals surface area contributed by atoms with Gasteiger partial charge in [-0.3, -0.25) is 14.9 Å². The molecular weight excluding hydrogens is 449 g/mol. The zero-order valence-electron chi connectivity index (χ0n) is 19.5. The topological polar surface area (TPSA) is 93.2 Å². The predicted molar refractivity (Wildman–Crippen MR) is 129 cm³/mol. The molecule has 1 aromatic carbocycles. The molecule has 0 bridgehead atoms. The Morgan fingerprint density at radius 2 is 2.00 bits per heavy atom. The van der Waals surface area contributed by atoms with Gasteiger partial charge in [-0.15, -0.1) is 0 Å². The summed E-state index contributed by atoms with van der Waals surface area (Å²) in [6, 6.07) is 5.55. The number of aromatic nitrogens is 4. The highest BCUT2D eigenvalue weighted by atomic mass is 19.1. The Labute approximate surface area is 201 Å². The Hall–Kier alpha value is -3.59. The summed E-state index contributed by atoms with van der Waals surface area (Å²) in [5.41, 5.74) is 3.28. The number of likely N-dealkylation sites (tertiary alicyclic amines) is 1. The molecule has 5 heterocycles. The number of carbonyl (C=O) groups excluding carboxylic acids is 1. The highest BCUT2D eigenvalue weighted by Crippen LogP contribution is 2.43. The number of ether oxygens (including phenoxy) is 2. The van der Waals surface area contributed by atoms with Crippen LogP contribution in [0.5, 0.6) is 5.88 Å². The third kappa shape index (κ3) is 3.99. The van der Waals surface area contributed by atoms with E-state index in [2.05, 4.69) is 21.2 Å². The van der Waals surface area contributed by atoms with Crippen molar-refractivity contribution < 1.29 is 18.7 Å². The zero-order chi connectivity index (χ0) is 23.9. The van der Waals surface area contributed by atoms with Crippen molar-refractivity contribution in [3.8, 4) is 17.0 Å². The number of nitrogens with one attached hydrogen (secondary N) is 1. The van der Waals surface area contributed by atoms with Gasteiger partial charge in [-0.2, -0.15) is 5.10 Å². The van der Waals surface area contributed by atoms with Crippen LogP contribution in [0.4, 0.5) is 4.39 Å². The molecular formula is C26H26FN5O3. The lowest BCUT2D eigenvalue weighted by molar-refractivity contribution is -0.139. The number of aromatic amines is 1. The molecule has 8 nitrogen and oxygen atoms in total. The summed E-state index contributed by atoms with van der Waals surface area (Å²) in [6.45, 7) is 4.26. The Bertz CT molecular complexity index is 1410. The number of pyridine rings is 2. The molecule has 0 radical (unpaired) electrons. The van der Waals surface area contributed by atoms with Gasteiger partial charge in [0.2, 0.25) is 11.8 Å². The van der Waals surface area contributed by atoms with E-state index in [-0.39, 0.29) is 17.9 Å². The third-order valence-corrected chi connectivity index (χ3v) is 6.94. The number of halogens is 1. The first-order chi connectivity index (χ1) is 17.1. The molecule has 2 saturated heterocycles. The number of benzene rings is 1. The quantitative estimate of drug-likeness (QED) is 0.465. The molecule has 0 atom stereocenters. The summed E-state index contributed by atoms with van der Waals surface area (Å²) < 4.78 is 26.3. The standard InChI is InChI=1S/C26H26FN5O3/c1-2-23(33)32-13-19(14-32)35-26-21-9-22-16(11-29-31-22)8-20(21)24(17-7-18(27)12-28-10-17)25(30-26)15-3-5-34-6-4-15/h7-12,15,19H,2-6,13-14H2,1H3,(H,29,31). The molecule has 0 aliphatic carbocycles. The zero-order valence-corrected chi connectivity index (χ0v) is 19.5. The minimum absolute atomic E-state index is 0.122. The first-order valence-electron chi connectivity index (χ1n) is 12.0. The van der Waals surface area contributed by atoms with Crippen molar-refractivity contribution in [3.05, 3.63) is 48.3 Å². The van der Waals surface area contributed by atoms with Crippen LogP contribution in [0.2, 0.25) is 0 Å². The fourth-order valence-corrected chi connectivity index (χ4v) is 5.04. The van der Waals surface area contributed by atoms with E-state index in [1.165, 1.54) is 12.3 Å². The highest BCUT2D eigenvalue weighted by Gasteiger charge is 2.33. The first-order valence-corrected chi connectivity index (χ1v) is 12.0. The lowest BCUT2D eigenvalue weighted by atomic mass is 9.87. The van der Waals surface area contributed by atoms with Gasteiger partial charge in [0, 0.05) is 53.6 Å². The van der Waals surface area contributed by atoms with Crippen molar-refractivity contribution >= 4 is 27.6 Å². The van der Waals surface area contributed by atoms with E-state index in [0.717, 1.165) is 45.8 Å². The highest BCUT2D eigenvalue weighted by molar-refractivity contribution is 6.06. The molecule has 1 N–H and O–H groups in total. The van der Waals surface area contributed by atoms with Crippen molar-refractivity contribution in [2.75, 3.05) is 26.3 Å². The van der Waals surface area contributed by atoms with Crippen molar-refractivity contribution in [1.29, 1.82) is 0 Å². The number of rotatable bonds is 5. The van der Waals surface area contributed by atoms with E-state index in [1.54, 1.807) is 17.3 Å². The largest absolute Gasteiger partial charge is 0.470 e. The molecule has 180 valence electrons. The average molecular weight is 476 g/mol. The molecule has 2 aliphatic rings. The minimum Gasteiger partial charge on any atom is -0.470 e. The summed E-state index contributed by atoms with van der Waals surface area (Å²) in [7, 11) is 0. The van der Waals surface area contributed by atoms with Crippen LogP contribution < -0.4 is 4.74 Å². The van der Waals surface area contributed by atoms with Crippen molar-refractivity contribution in [2.45, 2.75) is 38.2 Å². The molecule has 35 heavy (non-hydrogen) atoms. The van der Waals surface area contributed by atoms with Gasteiger partial charge in [-0.25, -0.2) is 9.37 Å². The van der Waals surface area contributed by atoms with Gasteiger partial charge in [-0.05, 0) is 36.4 Å². The van der Waals surface area contributed by atoms with Crippen LogP contribution >= 0.6 is 0 Å². The van der Waals surface area contributed by atoms with E-state index in [9.17, 15) is 9.18 Å². The number of hydrogen-bond donors (Lipinski definition) is 1. The van der Waals surface area contributed by atoms with Crippen LogP contribution in [-0.4, -0.2) is 63.4 Å². The van der Waals surface area contributed by atoms with Crippen LogP contribution in [0, 0.1) is 5.82 Å². The number of amides is 1. The smallest absolute Gasteiger partial charge is 0.222 e. The van der Waals surface area contributed by atoms with Crippen molar-refractivity contribution in [3.63, 3.8) is 0 Å². The molecule has 3 aromatic heterocycles. The molecule has 0 saturated carbocycles. The second kappa shape index (κ2) is 8.88. The van der Waals surface area contributed by atoms with E-state index in [4.69, 9.17) is 14.5 Å². The number of H-pyrrole nitrogens is 1. The number of fused-ring (bicyclic) bond motifs is 2. The number of hydrogen-bond acceptors (Lipinski definition) is 6. The molecule has 2 aliphatic heterocycles. The van der Waals surface area contributed by atoms with Crippen LogP contribution in [0.3, 0.4) is 0 Å². The molecule has 9 heteroatoms. The van der Waals surface area contributed by atoms with Gasteiger partial charge >= 0.3 is 0 Å². The van der Waals surface area contributed by atoms with Gasteiger partial charge < -0.3 is 14.4 Å². The summed E-state index contributed by atoms with van der Waals surface area (Å²) in [6.07, 6.45) is 6.67. The molecule has 6 rings (SSSR count). The van der Waals surface area contributed by atoms with Gasteiger partial charge in [0.05, 0.1) is 36.7 Å².